The predicted octanol–water partition coefficient (Wildman–Crippen LogP) is -0.0132. The highest BCUT2D eigenvalue weighted by Gasteiger charge is 2.31. The molecular weight excluding hydrogens is 248 g/mol. The van der Waals surface area contributed by atoms with Gasteiger partial charge in [0.25, 0.3) is 0 Å². The van der Waals surface area contributed by atoms with E-state index in [0.29, 0.717) is 24.5 Å². The van der Waals surface area contributed by atoms with E-state index in [4.69, 9.17) is 16.2 Å². The quantitative estimate of drug-likeness (QED) is 0.652. The number of benzene rings is 1. The molecule has 1 unspecified atom stereocenters. The summed E-state index contributed by atoms with van der Waals surface area (Å²) in [5, 5.41) is 2.68. The van der Waals surface area contributed by atoms with Gasteiger partial charge in [-0.25, -0.2) is 4.79 Å². The third-order valence-electron chi connectivity index (χ3n) is 2.86. The van der Waals surface area contributed by atoms with Crippen LogP contribution in [-0.2, 0) is 9.53 Å². The zero-order valence-electron chi connectivity index (χ0n) is 10.3. The molecule has 2 rings (SSSR count). The Morgan fingerprint density at radius 2 is 2.21 bits per heavy atom. The molecule has 1 aromatic carbocycles. The number of hydrogen-bond acceptors (Lipinski definition) is 4. The average molecular weight is 264 g/mol. The molecule has 7 nitrogen and oxygen atoms in total. The van der Waals surface area contributed by atoms with Gasteiger partial charge in [-0.1, -0.05) is 6.07 Å². The van der Waals surface area contributed by atoms with Crippen LogP contribution in [0, 0.1) is 0 Å². The molecule has 1 aliphatic heterocycles. The Labute approximate surface area is 110 Å². The van der Waals surface area contributed by atoms with Gasteiger partial charge < -0.3 is 26.4 Å². The minimum absolute atomic E-state index is 0.125. The van der Waals surface area contributed by atoms with Crippen LogP contribution in [0.5, 0.6) is 0 Å². The number of amides is 3. The van der Waals surface area contributed by atoms with Crippen LogP contribution in [0.2, 0.25) is 0 Å². The van der Waals surface area contributed by atoms with Gasteiger partial charge in [-0.05, 0) is 18.2 Å². The first-order chi connectivity index (χ1) is 9.08. The number of nitrogen functional groups attached to an aromatic ring is 1. The Morgan fingerprint density at radius 3 is 2.89 bits per heavy atom. The average Bonchev–Trinajstić information content (AvgIpc) is 2.38. The van der Waals surface area contributed by atoms with Crippen molar-refractivity contribution in [3.8, 4) is 0 Å². The molecular formula is C12H16N4O3. The standard InChI is InChI=1S/C12H16N4O3/c13-8-2-1-3-9(6-8)15-12(18)16-4-5-19-7-10(16)11(14)17/h1-3,6,10H,4-5,7,13H2,(H2,14,17)(H,15,18). The van der Waals surface area contributed by atoms with E-state index >= 15 is 0 Å². The zero-order valence-corrected chi connectivity index (χ0v) is 10.3. The normalized spacial score (nSPS) is 18.9. The van der Waals surface area contributed by atoms with Crippen molar-refractivity contribution in [2.24, 2.45) is 5.73 Å². The zero-order chi connectivity index (χ0) is 13.8. The largest absolute Gasteiger partial charge is 0.399 e. The first kappa shape index (κ1) is 13.2. The van der Waals surface area contributed by atoms with E-state index in [1.165, 1.54) is 4.90 Å². The summed E-state index contributed by atoms with van der Waals surface area (Å²) in [5.41, 5.74) is 12.0. The summed E-state index contributed by atoms with van der Waals surface area (Å²) in [6.45, 7) is 0.829. The number of urea groups is 1. The summed E-state index contributed by atoms with van der Waals surface area (Å²) >= 11 is 0. The first-order valence-corrected chi connectivity index (χ1v) is 5.88. The summed E-state index contributed by atoms with van der Waals surface area (Å²) in [6.07, 6.45) is 0. The smallest absolute Gasteiger partial charge is 0.322 e. The molecule has 0 bridgehead atoms. The Bertz CT molecular complexity index is 492. The summed E-state index contributed by atoms with van der Waals surface area (Å²) in [4.78, 5) is 24.8. The number of rotatable bonds is 2. The van der Waals surface area contributed by atoms with Crippen molar-refractivity contribution in [1.82, 2.24) is 4.90 Å². The van der Waals surface area contributed by atoms with Gasteiger partial charge in [-0.15, -0.1) is 0 Å². The van der Waals surface area contributed by atoms with E-state index in [0.717, 1.165) is 0 Å². The molecule has 0 aromatic heterocycles. The molecule has 102 valence electrons. The summed E-state index contributed by atoms with van der Waals surface area (Å²) < 4.78 is 5.15. The highest BCUT2D eigenvalue weighted by atomic mass is 16.5. The van der Waals surface area contributed by atoms with E-state index in [1.54, 1.807) is 24.3 Å². The van der Waals surface area contributed by atoms with E-state index in [2.05, 4.69) is 5.32 Å². The first-order valence-electron chi connectivity index (χ1n) is 5.88. The van der Waals surface area contributed by atoms with Crippen molar-refractivity contribution < 1.29 is 14.3 Å². The fraction of sp³-hybridized carbons (Fsp3) is 0.333. The van der Waals surface area contributed by atoms with Crippen molar-refractivity contribution in [3.63, 3.8) is 0 Å². The van der Waals surface area contributed by atoms with Crippen molar-refractivity contribution in [2.75, 3.05) is 30.8 Å². The van der Waals surface area contributed by atoms with Crippen LogP contribution < -0.4 is 16.8 Å². The number of hydrogen-bond donors (Lipinski definition) is 3. The molecule has 1 aliphatic rings. The SMILES string of the molecule is NC(=O)C1COCCN1C(=O)Nc1cccc(N)c1. The molecule has 1 saturated heterocycles. The van der Waals surface area contributed by atoms with Crippen molar-refractivity contribution >= 4 is 23.3 Å². The maximum absolute atomic E-state index is 12.1. The summed E-state index contributed by atoms with van der Waals surface area (Å²) in [7, 11) is 0. The predicted molar refractivity (Wildman–Crippen MR) is 70.4 cm³/mol. The van der Waals surface area contributed by atoms with Gasteiger partial charge in [0.15, 0.2) is 0 Å². The van der Waals surface area contributed by atoms with Crippen molar-refractivity contribution in [3.05, 3.63) is 24.3 Å². The topological polar surface area (TPSA) is 111 Å². The minimum Gasteiger partial charge on any atom is -0.399 e. The number of carbonyl (C=O) groups excluding carboxylic acids is 2. The van der Waals surface area contributed by atoms with E-state index < -0.39 is 18.0 Å². The Hall–Kier alpha value is -2.28. The maximum Gasteiger partial charge on any atom is 0.322 e. The lowest BCUT2D eigenvalue weighted by molar-refractivity contribution is -0.126. The third kappa shape index (κ3) is 3.14. The van der Waals surface area contributed by atoms with Gasteiger partial charge in [0.2, 0.25) is 5.91 Å². The second kappa shape index (κ2) is 5.57. The number of nitrogens with zero attached hydrogens (tertiary/aromatic N) is 1. The third-order valence-corrected chi connectivity index (χ3v) is 2.86. The molecule has 0 saturated carbocycles. The van der Waals surface area contributed by atoms with Crippen LogP contribution in [0.3, 0.4) is 0 Å². The van der Waals surface area contributed by atoms with Crippen LogP contribution in [-0.4, -0.2) is 42.6 Å². The lowest BCUT2D eigenvalue weighted by Crippen LogP contribution is -2.55. The summed E-state index contributed by atoms with van der Waals surface area (Å²) in [6, 6.07) is 5.67. The number of ether oxygens (including phenoxy) is 1. The maximum atomic E-state index is 12.1. The number of morpholine rings is 1. The van der Waals surface area contributed by atoms with Gasteiger partial charge in [0, 0.05) is 17.9 Å². The molecule has 0 aliphatic carbocycles. The van der Waals surface area contributed by atoms with Crippen molar-refractivity contribution in [2.45, 2.75) is 6.04 Å². The van der Waals surface area contributed by atoms with E-state index in [1.807, 2.05) is 0 Å². The van der Waals surface area contributed by atoms with E-state index in [-0.39, 0.29) is 6.61 Å². The molecule has 1 atom stereocenters. The highest BCUT2D eigenvalue weighted by Crippen LogP contribution is 2.14. The minimum atomic E-state index is -0.741. The van der Waals surface area contributed by atoms with Crippen LogP contribution in [0.1, 0.15) is 0 Å². The van der Waals surface area contributed by atoms with Gasteiger partial charge in [-0.3, -0.25) is 4.79 Å². The molecule has 0 radical (unpaired) electrons. The van der Waals surface area contributed by atoms with Crippen LogP contribution in [0.4, 0.5) is 16.2 Å². The fourth-order valence-corrected chi connectivity index (χ4v) is 1.89. The van der Waals surface area contributed by atoms with Gasteiger partial charge >= 0.3 is 6.03 Å². The number of nitrogens with two attached hydrogens (primary N) is 2. The molecule has 1 aromatic rings. The molecule has 7 heteroatoms. The fourth-order valence-electron chi connectivity index (χ4n) is 1.89. The lowest BCUT2D eigenvalue weighted by atomic mass is 10.2. The molecule has 5 N–H and O–H groups in total. The second-order valence-corrected chi connectivity index (χ2v) is 4.24. The molecule has 0 spiro atoms. The van der Waals surface area contributed by atoms with Gasteiger partial charge in [0.05, 0.1) is 13.2 Å². The van der Waals surface area contributed by atoms with Gasteiger partial charge in [-0.2, -0.15) is 0 Å². The Balaban J connectivity index is 2.07. The monoisotopic (exact) mass is 264 g/mol. The van der Waals surface area contributed by atoms with Gasteiger partial charge in [0.1, 0.15) is 6.04 Å². The molecule has 19 heavy (non-hydrogen) atoms. The van der Waals surface area contributed by atoms with Crippen molar-refractivity contribution in [1.29, 1.82) is 0 Å². The number of anilines is 2. The lowest BCUT2D eigenvalue weighted by Gasteiger charge is -2.33. The second-order valence-electron chi connectivity index (χ2n) is 4.24. The number of nitrogens with one attached hydrogen (secondary N) is 1. The number of primary amides is 1. The highest BCUT2D eigenvalue weighted by molar-refractivity contribution is 5.93. The molecule has 1 heterocycles. The Morgan fingerprint density at radius 1 is 1.42 bits per heavy atom. The Kier molecular flexibility index (Phi) is 3.86. The molecule has 1 fully saturated rings. The summed E-state index contributed by atoms with van der Waals surface area (Å²) in [5.74, 6) is -0.581. The molecule has 3 amide bonds. The van der Waals surface area contributed by atoms with E-state index in [9.17, 15) is 9.59 Å². The van der Waals surface area contributed by atoms with Crippen LogP contribution >= 0.6 is 0 Å². The van der Waals surface area contributed by atoms with Crippen LogP contribution in [0.15, 0.2) is 24.3 Å². The number of carbonyl (C=O) groups is 2. The van der Waals surface area contributed by atoms with Crippen LogP contribution in [0.25, 0.3) is 0 Å².